The summed E-state index contributed by atoms with van der Waals surface area (Å²) in [6.45, 7) is 3.90. The molecule has 0 bridgehead atoms. The molecule has 0 heterocycles. The highest BCUT2D eigenvalue weighted by Crippen LogP contribution is 2.28. The third-order valence-electron chi connectivity index (χ3n) is 2.98. The lowest BCUT2D eigenvalue weighted by molar-refractivity contribution is -0.118. The minimum Gasteiger partial charge on any atom is -0.497 e. The van der Waals surface area contributed by atoms with E-state index in [9.17, 15) is 4.79 Å². The Morgan fingerprint density at radius 1 is 1.42 bits per heavy atom. The molecule has 19 heavy (non-hydrogen) atoms. The van der Waals surface area contributed by atoms with Gasteiger partial charge in [-0.1, -0.05) is 19.9 Å². The molecule has 1 rings (SSSR count). The summed E-state index contributed by atoms with van der Waals surface area (Å²) in [6.07, 6.45) is 1.37. The van der Waals surface area contributed by atoms with Crippen molar-refractivity contribution in [1.29, 1.82) is 0 Å². The van der Waals surface area contributed by atoms with Crippen LogP contribution in [-0.4, -0.2) is 24.4 Å². The number of nitrogens with zero attached hydrogens (tertiary/aromatic N) is 1. The molecule has 0 fully saturated rings. The van der Waals surface area contributed by atoms with Crippen molar-refractivity contribution >= 4 is 34.8 Å². The average molecular weight is 304 g/mol. The molecule has 3 nitrogen and oxygen atoms in total. The number of amides is 1. The first kappa shape index (κ1) is 16.1. The maximum Gasteiger partial charge on any atom is 0.246 e. The summed E-state index contributed by atoms with van der Waals surface area (Å²) < 4.78 is 5.20. The van der Waals surface area contributed by atoms with Gasteiger partial charge in [-0.25, -0.2) is 0 Å². The number of methoxy groups -OCH3 is 1. The summed E-state index contributed by atoms with van der Waals surface area (Å²) in [5.74, 6) is 0.514. The van der Waals surface area contributed by atoms with E-state index >= 15 is 0 Å². The molecule has 0 aromatic heterocycles. The van der Waals surface area contributed by atoms with Crippen LogP contribution in [0.4, 0.5) is 5.69 Å². The molecule has 0 aliphatic rings. The molecule has 0 radical (unpaired) electrons. The number of carbonyl (C=O) groups excluding carboxylic acids is 1. The van der Waals surface area contributed by atoms with Gasteiger partial charge in [0.25, 0.3) is 0 Å². The van der Waals surface area contributed by atoms with Crippen molar-refractivity contribution in [2.24, 2.45) is 0 Å². The van der Waals surface area contributed by atoms with Gasteiger partial charge >= 0.3 is 0 Å². The molecule has 0 saturated heterocycles. The second-order valence-corrected chi connectivity index (χ2v) is 4.88. The maximum absolute atomic E-state index is 12.2. The highest BCUT2D eigenvalue weighted by Gasteiger charge is 2.23. The van der Waals surface area contributed by atoms with E-state index in [4.69, 9.17) is 27.9 Å². The quantitative estimate of drug-likeness (QED) is 0.591. The van der Waals surface area contributed by atoms with Gasteiger partial charge in [-0.3, -0.25) is 9.69 Å². The molecule has 1 atom stereocenters. The zero-order valence-corrected chi connectivity index (χ0v) is 13.0. The van der Waals surface area contributed by atoms with E-state index in [0.29, 0.717) is 12.2 Å². The van der Waals surface area contributed by atoms with Crippen LogP contribution >= 0.6 is 23.2 Å². The molecule has 0 saturated carbocycles. The first-order chi connectivity index (χ1) is 9.08. The van der Waals surface area contributed by atoms with Crippen molar-refractivity contribution in [3.8, 4) is 5.75 Å². The highest BCUT2D eigenvalue weighted by atomic mass is 35.5. The molecule has 1 unspecified atom stereocenters. The van der Waals surface area contributed by atoms with E-state index in [1.54, 1.807) is 7.11 Å². The summed E-state index contributed by atoms with van der Waals surface area (Å²) in [5, 5.41) is -0.561. The Kier molecular flexibility index (Phi) is 6.46. The molecular formula is C14H19Cl2NO2. The topological polar surface area (TPSA) is 29.5 Å². The van der Waals surface area contributed by atoms with E-state index in [1.165, 1.54) is 4.90 Å². The van der Waals surface area contributed by atoms with Gasteiger partial charge in [-0.2, -0.15) is 0 Å². The van der Waals surface area contributed by atoms with Gasteiger partial charge < -0.3 is 4.74 Å². The van der Waals surface area contributed by atoms with Crippen LogP contribution in [0.15, 0.2) is 18.2 Å². The van der Waals surface area contributed by atoms with Crippen LogP contribution < -0.4 is 9.64 Å². The number of halogens is 2. The fraction of sp³-hybridized carbons (Fsp3) is 0.500. The van der Waals surface area contributed by atoms with Gasteiger partial charge in [0.2, 0.25) is 5.91 Å². The smallest absolute Gasteiger partial charge is 0.246 e. The number of ether oxygens (including phenoxy) is 1. The largest absolute Gasteiger partial charge is 0.497 e. The fourth-order valence-corrected chi connectivity index (χ4v) is 2.17. The molecule has 0 spiro atoms. The number of carbonyl (C=O) groups is 1. The zero-order chi connectivity index (χ0) is 14.4. The molecule has 1 aromatic rings. The monoisotopic (exact) mass is 303 g/mol. The van der Waals surface area contributed by atoms with Crippen LogP contribution in [0.3, 0.4) is 0 Å². The molecule has 1 amide bonds. The summed E-state index contributed by atoms with van der Waals surface area (Å²) in [4.78, 5) is 13.7. The number of hydrogen-bond acceptors (Lipinski definition) is 2. The van der Waals surface area contributed by atoms with Crippen molar-refractivity contribution in [2.45, 2.75) is 32.1 Å². The van der Waals surface area contributed by atoms with Crippen LogP contribution in [0.25, 0.3) is 0 Å². The molecule has 5 heteroatoms. The van der Waals surface area contributed by atoms with Gasteiger partial charge in [-0.15, -0.1) is 23.2 Å². The Morgan fingerprint density at radius 3 is 2.58 bits per heavy atom. The lowest BCUT2D eigenvalue weighted by atomic mass is 10.1. The number of hydrogen-bond donors (Lipinski definition) is 0. The minimum absolute atomic E-state index is 0.0716. The van der Waals surface area contributed by atoms with E-state index in [-0.39, 0.29) is 11.9 Å². The Balaban J connectivity index is 3.19. The Morgan fingerprint density at radius 2 is 2.11 bits per heavy atom. The second kappa shape index (κ2) is 7.61. The van der Waals surface area contributed by atoms with Crippen molar-refractivity contribution in [2.75, 3.05) is 18.0 Å². The number of aryl methyl sites for hydroxylation is 1. The van der Waals surface area contributed by atoms with E-state index in [0.717, 1.165) is 17.7 Å². The standard InChI is InChI=1S/C14H19Cl2NO2/c1-4-10-6-7-11(19-3)8-13(10)17(9-15)14(18)12(16)5-2/h6-8,12H,4-5,9H2,1-3H3. The molecule has 0 aliphatic carbocycles. The zero-order valence-electron chi connectivity index (χ0n) is 11.5. The van der Waals surface area contributed by atoms with Crippen molar-refractivity contribution < 1.29 is 9.53 Å². The molecule has 0 N–H and O–H groups in total. The summed E-state index contributed by atoms with van der Waals surface area (Å²) >= 11 is 12.0. The molecule has 1 aromatic carbocycles. The Labute approximate surface area is 124 Å². The summed E-state index contributed by atoms with van der Waals surface area (Å²) in [7, 11) is 1.59. The first-order valence-electron chi connectivity index (χ1n) is 6.27. The number of alkyl halides is 2. The summed E-state index contributed by atoms with van der Waals surface area (Å²) in [5.41, 5.74) is 1.80. The first-order valence-corrected chi connectivity index (χ1v) is 7.24. The van der Waals surface area contributed by atoms with E-state index < -0.39 is 5.38 Å². The van der Waals surface area contributed by atoms with Crippen LogP contribution in [0.1, 0.15) is 25.8 Å². The Bertz CT molecular complexity index is 437. The SMILES string of the molecule is CCc1ccc(OC)cc1N(CCl)C(=O)C(Cl)CC. The lowest BCUT2D eigenvalue weighted by Crippen LogP contribution is -2.36. The maximum atomic E-state index is 12.2. The number of benzene rings is 1. The van der Waals surface area contributed by atoms with Gasteiger partial charge in [0, 0.05) is 6.07 Å². The third kappa shape index (κ3) is 3.77. The third-order valence-corrected chi connectivity index (χ3v) is 3.71. The van der Waals surface area contributed by atoms with Gasteiger partial charge in [0.05, 0.1) is 12.8 Å². The highest BCUT2D eigenvalue weighted by molar-refractivity contribution is 6.34. The predicted octanol–water partition coefficient (Wildman–Crippen LogP) is 3.80. The second-order valence-electron chi connectivity index (χ2n) is 4.11. The van der Waals surface area contributed by atoms with Gasteiger partial charge in [0.1, 0.15) is 17.1 Å². The lowest BCUT2D eigenvalue weighted by Gasteiger charge is -2.25. The predicted molar refractivity (Wildman–Crippen MR) is 80.5 cm³/mol. The van der Waals surface area contributed by atoms with E-state index in [1.807, 2.05) is 32.0 Å². The number of anilines is 1. The molecule has 106 valence electrons. The molecular weight excluding hydrogens is 285 g/mol. The van der Waals surface area contributed by atoms with Crippen LogP contribution in [0, 0.1) is 0 Å². The van der Waals surface area contributed by atoms with E-state index in [2.05, 4.69) is 0 Å². The van der Waals surface area contributed by atoms with Gasteiger partial charge in [-0.05, 0) is 24.5 Å². The van der Waals surface area contributed by atoms with Crippen molar-refractivity contribution in [3.05, 3.63) is 23.8 Å². The van der Waals surface area contributed by atoms with Crippen LogP contribution in [0.5, 0.6) is 5.75 Å². The fourth-order valence-electron chi connectivity index (χ4n) is 1.81. The Hall–Kier alpha value is -0.930. The minimum atomic E-state index is -0.561. The molecule has 0 aliphatic heterocycles. The van der Waals surface area contributed by atoms with Gasteiger partial charge in [0.15, 0.2) is 0 Å². The van der Waals surface area contributed by atoms with Crippen LogP contribution in [-0.2, 0) is 11.2 Å². The number of rotatable bonds is 6. The normalized spacial score (nSPS) is 12.1. The average Bonchev–Trinajstić information content (AvgIpc) is 2.46. The van der Waals surface area contributed by atoms with Crippen molar-refractivity contribution in [3.63, 3.8) is 0 Å². The van der Waals surface area contributed by atoms with Crippen molar-refractivity contribution in [1.82, 2.24) is 0 Å². The summed E-state index contributed by atoms with van der Waals surface area (Å²) in [6, 6.07) is 5.70. The van der Waals surface area contributed by atoms with Crippen LogP contribution in [0.2, 0.25) is 0 Å².